The summed E-state index contributed by atoms with van der Waals surface area (Å²) in [5, 5.41) is 21.0. The first-order valence-electron chi connectivity index (χ1n) is 10.6. The fourth-order valence-corrected chi connectivity index (χ4v) is 4.00. The number of benzene rings is 3. The molecule has 0 saturated carbocycles. The van der Waals surface area contributed by atoms with Crippen LogP contribution in [0.4, 0.5) is 13.2 Å². The van der Waals surface area contributed by atoms with Crippen LogP contribution in [-0.4, -0.2) is 41.3 Å². The highest BCUT2D eigenvalue weighted by Gasteiger charge is 2.31. The maximum atomic E-state index is 12.4. The summed E-state index contributed by atoms with van der Waals surface area (Å²) >= 11 is 0. The highest BCUT2D eigenvalue weighted by Crippen LogP contribution is 2.27. The molecular weight excluding hydrogens is 459 g/mol. The van der Waals surface area contributed by atoms with E-state index in [-0.39, 0.29) is 5.75 Å². The molecule has 3 aromatic heterocycles. The molecule has 0 saturated heterocycles. The highest BCUT2D eigenvalue weighted by molar-refractivity contribution is 5.84. The third-order valence-corrected chi connectivity index (χ3v) is 5.62. The van der Waals surface area contributed by atoms with Gasteiger partial charge in [0, 0.05) is 17.1 Å². The number of hydrogen-bond acceptors (Lipinski definition) is 5. The molecule has 8 nitrogen and oxygen atoms in total. The fourth-order valence-electron chi connectivity index (χ4n) is 4.00. The van der Waals surface area contributed by atoms with Crippen molar-refractivity contribution in [1.82, 2.24) is 35.0 Å². The number of alkyl halides is 3. The van der Waals surface area contributed by atoms with E-state index < -0.39 is 6.36 Å². The fraction of sp³-hybridized carbons (Fsp3) is 0.0833. The highest BCUT2D eigenvalue weighted by atomic mass is 19.4. The van der Waals surface area contributed by atoms with Crippen molar-refractivity contribution in [2.45, 2.75) is 12.9 Å². The standard InChI is InChI=1S/C24H16F3N7O/c25-24(26,27)35-19-6-1-15(2-7-19)14-33-22(9-10-29-33)16-4-8-20-23(11-16)34(32-31-20)18-5-3-17-13-28-30-21(17)12-18/h1-13H,14H2,(H,28,30). The minimum Gasteiger partial charge on any atom is -0.406 e. The summed E-state index contributed by atoms with van der Waals surface area (Å²) in [5.74, 6) is -0.263. The van der Waals surface area contributed by atoms with Gasteiger partial charge in [0.05, 0.1) is 35.2 Å². The molecule has 1 N–H and O–H groups in total. The molecule has 3 heterocycles. The second-order valence-electron chi connectivity index (χ2n) is 7.91. The van der Waals surface area contributed by atoms with Gasteiger partial charge in [0.25, 0.3) is 0 Å². The van der Waals surface area contributed by atoms with E-state index in [9.17, 15) is 13.2 Å². The van der Waals surface area contributed by atoms with E-state index in [2.05, 4.69) is 30.3 Å². The Balaban J connectivity index is 1.32. The zero-order valence-corrected chi connectivity index (χ0v) is 17.9. The summed E-state index contributed by atoms with van der Waals surface area (Å²) in [6.07, 6.45) is -1.28. The van der Waals surface area contributed by atoms with Crippen LogP contribution in [0.5, 0.6) is 5.75 Å². The normalized spacial score (nSPS) is 12.0. The van der Waals surface area contributed by atoms with E-state index in [1.807, 2.05) is 42.5 Å². The number of nitrogens with zero attached hydrogens (tertiary/aromatic N) is 6. The molecule has 0 aliphatic carbocycles. The molecular formula is C24H16F3N7O. The average molecular weight is 475 g/mol. The van der Waals surface area contributed by atoms with E-state index in [1.54, 1.807) is 33.9 Å². The number of hydrogen-bond donors (Lipinski definition) is 1. The van der Waals surface area contributed by atoms with Gasteiger partial charge in [0.1, 0.15) is 11.3 Å². The van der Waals surface area contributed by atoms with Gasteiger partial charge in [-0.3, -0.25) is 9.78 Å². The van der Waals surface area contributed by atoms with Gasteiger partial charge in [-0.15, -0.1) is 18.3 Å². The van der Waals surface area contributed by atoms with Crippen molar-refractivity contribution in [2.75, 3.05) is 0 Å². The van der Waals surface area contributed by atoms with Crippen molar-refractivity contribution in [3.05, 3.63) is 84.7 Å². The minimum atomic E-state index is -4.72. The van der Waals surface area contributed by atoms with Gasteiger partial charge in [-0.05, 0) is 54.1 Å². The van der Waals surface area contributed by atoms with Crippen molar-refractivity contribution in [3.8, 4) is 22.7 Å². The lowest BCUT2D eigenvalue weighted by molar-refractivity contribution is -0.274. The predicted molar refractivity (Wildman–Crippen MR) is 122 cm³/mol. The van der Waals surface area contributed by atoms with Crippen molar-refractivity contribution in [1.29, 1.82) is 0 Å². The molecule has 11 heteroatoms. The Bertz CT molecular complexity index is 1650. The first-order chi connectivity index (χ1) is 16.9. The van der Waals surface area contributed by atoms with Crippen LogP contribution in [-0.2, 0) is 6.54 Å². The van der Waals surface area contributed by atoms with Gasteiger partial charge in [-0.1, -0.05) is 23.4 Å². The Morgan fingerprint density at radius 2 is 1.80 bits per heavy atom. The number of nitrogens with one attached hydrogen (secondary N) is 1. The van der Waals surface area contributed by atoms with Gasteiger partial charge >= 0.3 is 6.36 Å². The van der Waals surface area contributed by atoms with Gasteiger partial charge in [-0.25, -0.2) is 4.68 Å². The molecule has 35 heavy (non-hydrogen) atoms. The molecule has 0 atom stereocenters. The summed E-state index contributed by atoms with van der Waals surface area (Å²) in [5.41, 5.74) is 5.83. The van der Waals surface area contributed by atoms with Crippen LogP contribution in [0.2, 0.25) is 0 Å². The summed E-state index contributed by atoms with van der Waals surface area (Å²) in [6, 6.07) is 19.3. The number of aromatic nitrogens is 7. The number of H-pyrrole nitrogens is 1. The molecule has 0 bridgehead atoms. The Morgan fingerprint density at radius 3 is 2.63 bits per heavy atom. The van der Waals surface area contributed by atoms with Crippen LogP contribution in [0.3, 0.4) is 0 Å². The Morgan fingerprint density at radius 1 is 0.943 bits per heavy atom. The number of halogens is 3. The van der Waals surface area contributed by atoms with E-state index in [1.165, 1.54) is 12.1 Å². The number of rotatable bonds is 5. The monoisotopic (exact) mass is 475 g/mol. The first-order valence-corrected chi connectivity index (χ1v) is 10.6. The largest absolute Gasteiger partial charge is 0.573 e. The van der Waals surface area contributed by atoms with Gasteiger partial charge in [0.15, 0.2) is 0 Å². The van der Waals surface area contributed by atoms with Crippen LogP contribution in [0.25, 0.3) is 38.9 Å². The Hall–Kier alpha value is -4.67. The molecule has 3 aromatic carbocycles. The van der Waals surface area contributed by atoms with E-state index in [0.717, 1.165) is 44.4 Å². The number of ether oxygens (including phenoxy) is 1. The molecule has 0 aliphatic rings. The SMILES string of the molecule is FC(F)(F)Oc1ccc(Cn2nccc2-c2ccc3nnn(-c4ccc5cn[nH]c5c4)c3c2)cc1. The van der Waals surface area contributed by atoms with Gasteiger partial charge in [0.2, 0.25) is 0 Å². The van der Waals surface area contributed by atoms with E-state index in [0.29, 0.717) is 6.54 Å². The zero-order valence-electron chi connectivity index (χ0n) is 17.9. The van der Waals surface area contributed by atoms with Gasteiger partial charge in [-0.2, -0.15) is 10.2 Å². The topological polar surface area (TPSA) is 86.4 Å². The average Bonchev–Trinajstić information content (AvgIpc) is 3.58. The molecule has 6 rings (SSSR count). The van der Waals surface area contributed by atoms with Crippen LogP contribution in [0.15, 0.2) is 79.1 Å². The van der Waals surface area contributed by atoms with Crippen molar-refractivity contribution in [3.63, 3.8) is 0 Å². The maximum absolute atomic E-state index is 12.4. The molecule has 0 fully saturated rings. The second-order valence-corrected chi connectivity index (χ2v) is 7.91. The zero-order chi connectivity index (χ0) is 24.0. The van der Waals surface area contributed by atoms with Crippen LogP contribution in [0.1, 0.15) is 5.56 Å². The number of fused-ring (bicyclic) bond motifs is 2. The van der Waals surface area contributed by atoms with Crippen molar-refractivity contribution < 1.29 is 17.9 Å². The summed E-state index contributed by atoms with van der Waals surface area (Å²) in [6.45, 7) is 0.376. The first kappa shape index (κ1) is 20.9. The Labute approximate surface area is 195 Å². The molecule has 174 valence electrons. The second kappa shape index (κ2) is 7.97. The molecule has 6 aromatic rings. The summed E-state index contributed by atoms with van der Waals surface area (Å²) in [7, 11) is 0. The van der Waals surface area contributed by atoms with Crippen molar-refractivity contribution in [2.24, 2.45) is 0 Å². The molecule has 0 unspecified atom stereocenters. The quantitative estimate of drug-likeness (QED) is 0.375. The maximum Gasteiger partial charge on any atom is 0.573 e. The lowest BCUT2D eigenvalue weighted by atomic mass is 10.1. The number of aromatic amines is 1. The van der Waals surface area contributed by atoms with Crippen LogP contribution in [0, 0.1) is 0 Å². The predicted octanol–water partition coefficient (Wildman–Crippen LogP) is 5.11. The molecule has 0 aliphatic heterocycles. The lowest BCUT2D eigenvalue weighted by Crippen LogP contribution is -2.17. The molecule has 0 spiro atoms. The minimum absolute atomic E-state index is 0.263. The van der Waals surface area contributed by atoms with Crippen LogP contribution >= 0.6 is 0 Å². The van der Waals surface area contributed by atoms with Crippen molar-refractivity contribution >= 4 is 21.9 Å². The van der Waals surface area contributed by atoms with E-state index >= 15 is 0 Å². The van der Waals surface area contributed by atoms with Crippen LogP contribution < -0.4 is 4.74 Å². The summed E-state index contributed by atoms with van der Waals surface area (Å²) in [4.78, 5) is 0. The third kappa shape index (κ3) is 4.07. The lowest BCUT2D eigenvalue weighted by Gasteiger charge is -2.11. The molecule has 0 amide bonds. The Kier molecular flexibility index (Phi) is 4.76. The summed E-state index contributed by atoms with van der Waals surface area (Å²) < 4.78 is 44.7. The molecule has 0 radical (unpaired) electrons. The van der Waals surface area contributed by atoms with E-state index in [4.69, 9.17) is 0 Å². The van der Waals surface area contributed by atoms with Gasteiger partial charge < -0.3 is 4.74 Å². The smallest absolute Gasteiger partial charge is 0.406 e. The third-order valence-electron chi connectivity index (χ3n) is 5.62.